The van der Waals surface area contributed by atoms with E-state index in [1.807, 2.05) is 11.8 Å². The van der Waals surface area contributed by atoms with Crippen molar-refractivity contribution in [1.82, 2.24) is 4.90 Å². The molecule has 0 aliphatic rings. The Hall–Kier alpha value is -1.69. The maximum atomic E-state index is 13.0. The molecular weight excluding hydrogens is 228 g/mol. The van der Waals surface area contributed by atoms with Crippen LogP contribution >= 0.6 is 0 Å². The third-order valence-electron chi connectivity index (χ3n) is 2.35. The van der Waals surface area contributed by atoms with Gasteiger partial charge in [-0.15, -0.1) is 0 Å². The minimum atomic E-state index is -0.873. The highest BCUT2D eigenvalue weighted by Gasteiger charge is 2.08. The Labute approximate surface area is 98.3 Å². The zero-order chi connectivity index (χ0) is 12.8. The number of rotatable bonds is 5. The zero-order valence-corrected chi connectivity index (χ0v) is 9.53. The van der Waals surface area contributed by atoms with Crippen molar-refractivity contribution in [3.8, 4) is 0 Å². The van der Waals surface area contributed by atoms with Crippen LogP contribution in [-0.2, 0) is 6.54 Å². The van der Waals surface area contributed by atoms with Crippen molar-refractivity contribution in [3.63, 3.8) is 0 Å². The maximum absolute atomic E-state index is 13.0. The van der Waals surface area contributed by atoms with Crippen molar-refractivity contribution >= 4 is 5.84 Å². The molecular formula is C11H15F2N3O. The van der Waals surface area contributed by atoms with Gasteiger partial charge in [0.05, 0.1) is 6.54 Å². The molecule has 0 amide bonds. The lowest BCUT2D eigenvalue weighted by molar-refractivity contribution is 0.294. The van der Waals surface area contributed by atoms with Crippen molar-refractivity contribution in [2.75, 3.05) is 13.1 Å². The fraction of sp³-hybridized carbons (Fsp3) is 0.364. The van der Waals surface area contributed by atoms with E-state index >= 15 is 0 Å². The number of amidine groups is 1. The van der Waals surface area contributed by atoms with Crippen LogP contribution in [0.5, 0.6) is 0 Å². The molecule has 0 aromatic heterocycles. The highest BCUT2D eigenvalue weighted by molar-refractivity contribution is 5.81. The van der Waals surface area contributed by atoms with Crippen molar-refractivity contribution in [2.24, 2.45) is 10.9 Å². The van der Waals surface area contributed by atoms with E-state index in [1.54, 1.807) is 0 Å². The van der Waals surface area contributed by atoms with Crippen molar-refractivity contribution in [2.45, 2.75) is 13.5 Å². The van der Waals surface area contributed by atoms with Gasteiger partial charge in [0.15, 0.2) is 17.5 Å². The van der Waals surface area contributed by atoms with E-state index in [1.165, 1.54) is 6.07 Å². The first-order valence-corrected chi connectivity index (χ1v) is 5.19. The summed E-state index contributed by atoms with van der Waals surface area (Å²) in [5.41, 5.74) is 6.02. The van der Waals surface area contributed by atoms with Crippen LogP contribution < -0.4 is 5.73 Å². The minimum Gasteiger partial charge on any atom is -0.409 e. The zero-order valence-electron chi connectivity index (χ0n) is 9.53. The summed E-state index contributed by atoms with van der Waals surface area (Å²) in [6.45, 7) is 3.22. The number of nitrogens with zero attached hydrogens (tertiary/aromatic N) is 2. The Morgan fingerprint density at radius 3 is 2.65 bits per heavy atom. The predicted octanol–water partition coefficient (Wildman–Crippen LogP) is 1.53. The lowest BCUT2D eigenvalue weighted by Gasteiger charge is -2.19. The molecule has 0 spiro atoms. The van der Waals surface area contributed by atoms with E-state index in [9.17, 15) is 8.78 Å². The molecule has 0 atom stereocenters. The number of likely N-dealkylation sites (N-methyl/N-ethyl adjacent to an activating group) is 1. The smallest absolute Gasteiger partial charge is 0.159 e. The van der Waals surface area contributed by atoms with Gasteiger partial charge in [-0.1, -0.05) is 18.1 Å². The van der Waals surface area contributed by atoms with Gasteiger partial charge in [0, 0.05) is 6.54 Å². The van der Waals surface area contributed by atoms with Gasteiger partial charge < -0.3 is 10.9 Å². The first kappa shape index (κ1) is 13.4. The van der Waals surface area contributed by atoms with E-state index in [0.29, 0.717) is 18.7 Å². The number of nitrogens with two attached hydrogens (primary N) is 1. The topological polar surface area (TPSA) is 61.8 Å². The summed E-state index contributed by atoms with van der Waals surface area (Å²) < 4.78 is 25.7. The molecule has 0 saturated heterocycles. The second-order valence-electron chi connectivity index (χ2n) is 3.64. The Kier molecular flexibility index (Phi) is 4.84. The predicted molar refractivity (Wildman–Crippen MR) is 60.7 cm³/mol. The van der Waals surface area contributed by atoms with Gasteiger partial charge >= 0.3 is 0 Å². The summed E-state index contributed by atoms with van der Waals surface area (Å²) in [5.74, 6) is -1.66. The van der Waals surface area contributed by atoms with Crippen LogP contribution in [0.2, 0.25) is 0 Å². The SMILES string of the molecule is CCN(C/C(N)=N/O)Cc1ccc(F)c(F)c1. The molecule has 3 N–H and O–H groups in total. The molecule has 1 aromatic carbocycles. The monoisotopic (exact) mass is 243 g/mol. The second kappa shape index (κ2) is 6.15. The lowest BCUT2D eigenvalue weighted by atomic mass is 10.2. The molecule has 0 unspecified atom stereocenters. The Balaban J connectivity index is 2.70. The third kappa shape index (κ3) is 3.99. The normalized spacial score (nSPS) is 12.1. The molecule has 0 fully saturated rings. The van der Waals surface area contributed by atoms with E-state index in [-0.39, 0.29) is 12.4 Å². The molecule has 0 saturated carbocycles. The maximum Gasteiger partial charge on any atom is 0.159 e. The summed E-state index contributed by atoms with van der Waals surface area (Å²) in [4.78, 5) is 1.84. The van der Waals surface area contributed by atoms with Crippen LogP contribution in [0.3, 0.4) is 0 Å². The fourth-order valence-corrected chi connectivity index (χ4v) is 1.44. The Morgan fingerprint density at radius 2 is 2.12 bits per heavy atom. The summed E-state index contributed by atoms with van der Waals surface area (Å²) >= 11 is 0. The summed E-state index contributed by atoms with van der Waals surface area (Å²) in [5, 5.41) is 11.3. The molecule has 0 bridgehead atoms. The summed E-state index contributed by atoms with van der Waals surface area (Å²) in [7, 11) is 0. The largest absolute Gasteiger partial charge is 0.409 e. The van der Waals surface area contributed by atoms with Crippen LogP contribution in [0, 0.1) is 11.6 Å². The lowest BCUT2D eigenvalue weighted by Crippen LogP contribution is -2.33. The first-order chi connectivity index (χ1) is 8.06. The fourth-order valence-electron chi connectivity index (χ4n) is 1.44. The number of halogens is 2. The third-order valence-corrected chi connectivity index (χ3v) is 2.35. The van der Waals surface area contributed by atoms with E-state index in [4.69, 9.17) is 10.9 Å². The van der Waals surface area contributed by atoms with Gasteiger partial charge in [-0.05, 0) is 24.2 Å². The van der Waals surface area contributed by atoms with Crippen LogP contribution in [0.4, 0.5) is 8.78 Å². The van der Waals surface area contributed by atoms with Gasteiger partial charge in [0.2, 0.25) is 0 Å². The van der Waals surface area contributed by atoms with Crippen LogP contribution in [0.15, 0.2) is 23.4 Å². The molecule has 17 heavy (non-hydrogen) atoms. The molecule has 6 heteroatoms. The second-order valence-corrected chi connectivity index (χ2v) is 3.64. The van der Waals surface area contributed by atoms with Crippen LogP contribution in [0.25, 0.3) is 0 Å². The first-order valence-electron chi connectivity index (χ1n) is 5.19. The van der Waals surface area contributed by atoms with Crippen LogP contribution in [-0.4, -0.2) is 29.0 Å². The Morgan fingerprint density at radius 1 is 1.41 bits per heavy atom. The number of hydrogen-bond donors (Lipinski definition) is 2. The molecule has 4 nitrogen and oxygen atoms in total. The van der Waals surface area contributed by atoms with E-state index in [2.05, 4.69) is 5.16 Å². The molecule has 0 heterocycles. The quantitative estimate of drug-likeness (QED) is 0.357. The van der Waals surface area contributed by atoms with Crippen molar-refractivity contribution in [1.29, 1.82) is 0 Å². The van der Waals surface area contributed by atoms with Gasteiger partial charge in [0.1, 0.15) is 0 Å². The van der Waals surface area contributed by atoms with Gasteiger partial charge in [-0.3, -0.25) is 4.90 Å². The van der Waals surface area contributed by atoms with E-state index < -0.39 is 11.6 Å². The molecule has 1 aromatic rings. The highest BCUT2D eigenvalue weighted by atomic mass is 19.2. The summed E-state index contributed by atoms with van der Waals surface area (Å²) in [6, 6.07) is 3.74. The molecule has 94 valence electrons. The number of oxime groups is 1. The average Bonchev–Trinajstić information content (AvgIpc) is 2.32. The van der Waals surface area contributed by atoms with Gasteiger partial charge in [-0.2, -0.15) is 0 Å². The molecule has 0 radical (unpaired) electrons. The number of hydrogen-bond acceptors (Lipinski definition) is 3. The van der Waals surface area contributed by atoms with E-state index in [0.717, 1.165) is 12.1 Å². The minimum absolute atomic E-state index is 0.0782. The van der Waals surface area contributed by atoms with Crippen LogP contribution in [0.1, 0.15) is 12.5 Å². The van der Waals surface area contributed by atoms with Crippen molar-refractivity contribution < 1.29 is 14.0 Å². The number of benzene rings is 1. The molecule has 1 rings (SSSR count). The average molecular weight is 243 g/mol. The molecule has 0 aliphatic carbocycles. The standard InChI is InChI=1S/C11H15F2N3O/c1-2-16(7-11(14)15-17)6-8-3-4-9(12)10(13)5-8/h3-5,17H,2,6-7H2,1H3,(H2,14,15). The highest BCUT2D eigenvalue weighted by Crippen LogP contribution is 2.10. The Bertz CT molecular complexity index is 410. The van der Waals surface area contributed by atoms with Gasteiger partial charge in [-0.25, -0.2) is 8.78 Å². The van der Waals surface area contributed by atoms with Gasteiger partial charge in [0.25, 0.3) is 0 Å². The summed E-state index contributed by atoms with van der Waals surface area (Å²) in [6.07, 6.45) is 0. The van der Waals surface area contributed by atoms with Crippen molar-refractivity contribution in [3.05, 3.63) is 35.4 Å². The molecule has 0 aliphatic heterocycles.